The molecule has 124 valence electrons. The third-order valence-electron chi connectivity index (χ3n) is 4.60. The molecule has 2 aromatic rings. The van der Waals surface area contributed by atoms with Crippen molar-refractivity contribution in [1.29, 1.82) is 0 Å². The lowest BCUT2D eigenvalue weighted by atomic mass is 9.90. The van der Waals surface area contributed by atoms with Gasteiger partial charge in [-0.05, 0) is 35.7 Å². The van der Waals surface area contributed by atoms with Gasteiger partial charge in [0.2, 0.25) is 0 Å². The molecule has 0 radical (unpaired) electrons. The normalized spacial score (nSPS) is 20.5. The number of nitrogens with one attached hydrogen (secondary N) is 1. The number of anilines is 1. The molecular weight excluding hydrogens is 326 g/mol. The van der Waals surface area contributed by atoms with Crippen molar-refractivity contribution in [3.63, 3.8) is 0 Å². The number of carbonyl (C=O) groups excluding carboxylic acids is 1. The minimum atomic E-state index is -0.331. The van der Waals surface area contributed by atoms with Crippen LogP contribution in [0.4, 0.5) is 5.69 Å². The van der Waals surface area contributed by atoms with Gasteiger partial charge >= 0.3 is 5.97 Å². The average Bonchev–Trinajstić information content (AvgIpc) is 2.61. The van der Waals surface area contributed by atoms with Crippen molar-refractivity contribution in [2.24, 2.45) is 0 Å². The standard InChI is InChI=1S/C18H18ClN3O2/c19-17-10-12(3-4-21-17)15-9-13-1-2-14(11-16(13)24-18(15)23)22-7-5-20-6-8-22/h1-4,10-11,15,20H,5-9H2. The van der Waals surface area contributed by atoms with Crippen LogP contribution < -0.4 is 15.0 Å². The summed E-state index contributed by atoms with van der Waals surface area (Å²) in [5, 5.41) is 3.73. The largest absolute Gasteiger partial charge is 0.426 e. The molecule has 6 heteroatoms. The Morgan fingerprint density at radius 1 is 1.21 bits per heavy atom. The molecule has 0 saturated carbocycles. The summed E-state index contributed by atoms with van der Waals surface area (Å²) >= 11 is 5.94. The Kier molecular flexibility index (Phi) is 4.12. The predicted molar refractivity (Wildman–Crippen MR) is 92.9 cm³/mol. The highest BCUT2D eigenvalue weighted by atomic mass is 35.5. The van der Waals surface area contributed by atoms with E-state index >= 15 is 0 Å². The van der Waals surface area contributed by atoms with E-state index < -0.39 is 0 Å². The van der Waals surface area contributed by atoms with Gasteiger partial charge in [-0.3, -0.25) is 4.79 Å². The van der Waals surface area contributed by atoms with Crippen LogP contribution in [0.3, 0.4) is 0 Å². The lowest BCUT2D eigenvalue weighted by molar-refractivity contribution is -0.137. The number of hydrogen-bond donors (Lipinski definition) is 1. The van der Waals surface area contributed by atoms with Crippen molar-refractivity contribution in [3.8, 4) is 5.75 Å². The third-order valence-corrected chi connectivity index (χ3v) is 4.81. The lowest BCUT2D eigenvalue weighted by Gasteiger charge is -2.31. The summed E-state index contributed by atoms with van der Waals surface area (Å²) in [7, 11) is 0. The quantitative estimate of drug-likeness (QED) is 0.515. The summed E-state index contributed by atoms with van der Waals surface area (Å²) in [4.78, 5) is 18.7. The molecule has 2 aliphatic heterocycles. The zero-order valence-corrected chi connectivity index (χ0v) is 13.9. The van der Waals surface area contributed by atoms with Gasteiger partial charge in [0, 0.05) is 44.1 Å². The molecule has 3 heterocycles. The smallest absolute Gasteiger partial charge is 0.319 e. The Bertz CT molecular complexity index is 775. The first kappa shape index (κ1) is 15.4. The zero-order valence-electron chi connectivity index (χ0n) is 13.2. The Hall–Kier alpha value is -2.11. The topological polar surface area (TPSA) is 54.5 Å². The highest BCUT2D eigenvalue weighted by molar-refractivity contribution is 6.29. The van der Waals surface area contributed by atoms with E-state index in [9.17, 15) is 4.79 Å². The van der Waals surface area contributed by atoms with Gasteiger partial charge in [-0.15, -0.1) is 0 Å². The number of esters is 1. The van der Waals surface area contributed by atoms with Crippen LogP contribution in [-0.4, -0.2) is 37.1 Å². The molecule has 5 nitrogen and oxygen atoms in total. The van der Waals surface area contributed by atoms with Crippen LogP contribution in [0.15, 0.2) is 36.5 Å². The summed E-state index contributed by atoms with van der Waals surface area (Å²) in [6, 6.07) is 9.70. The minimum absolute atomic E-state index is 0.234. The summed E-state index contributed by atoms with van der Waals surface area (Å²) in [6.07, 6.45) is 2.24. The molecule has 0 aliphatic carbocycles. The highest BCUT2D eigenvalue weighted by Crippen LogP contribution is 2.36. The van der Waals surface area contributed by atoms with Gasteiger partial charge in [-0.1, -0.05) is 17.7 Å². The molecule has 1 saturated heterocycles. The fraction of sp³-hybridized carbons (Fsp3) is 0.333. The van der Waals surface area contributed by atoms with Crippen molar-refractivity contribution in [1.82, 2.24) is 10.3 Å². The zero-order chi connectivity index (χ0) is 16.5. The van der Waals surface area contributed by atoms with Gasteiger partial charge in [0.25, 0.3) is 0 Å². The molecule has 1 aromatic carbocycles. The number of benzene rings is 1. The van der Waals surface area contributed by atoms with E-state index in [1.807, 2.05) is 12.1 Å². The molecule has 1 aromatic heterocycles. The van der Waals surface area contributed by atoms with E-state index in [-0.39, 0.29) is 11.9 Å². The molecule has 0 spiro atoms. The van der Waals surface area contributed by atoms with Crippen LogP contribution in [0.5, 0.6) is 5.75 Å². The van der Waals surface area contributed by atoms with Crippen LogP contribution in [-0.2, 0) is 11.2 Å². The molecule has 24 heavy (non-hydrogen) atoms. The number of pyridine rings is 1. The van der Waals surface area contributed by atoms with Crippen molar-refractivity contribution in [2.75, 3.05) is 31.1 Å². The molecule has 1 atom stereocenters. The number of ether oxygens (including phenoxy) is 1. The number of nitrogens with zero attached hydrogens (tertiary/aromatic N) is 2. The van der Waals surface area contributed by atoms with Crippen molar-refractivity contribution in [3.05, 3.63) is 52.8 Å². The molecule has 2 aliphatic rings. The van der Waals surface area contributed by atoms with Crippen LogP contribution in [0, 0.1) is 0 Å². The van der Waals surface area contributed by atoms with Gasteiger partial charge < -0.3 is 15.0 Å². The van der Waals surface area contributed by atoms with Crippen LogP contribution in [0.25, 0.3) is 0 Å². The van der Waals surface area contributed by atoms with Crippen molar-refractivity contribution >= 4 is 23.3 Å². The predicted octanol–water partition coefficient (Wildman–Crippen LogP) is 2.39. The number of piperazine rings is 1. The lowest BCUT2D eigenvalue weighted by Crippen LogP contribution is -2.43. The van der Waals surface area contributed by atoms with Gasteiger partial charge in [0.1, 0.15) is 10.9 Å². The number of aromatic nitrogens is 1. The number of carbonyl (C=O) groups is 1. The number of rotatable bonds is 2. The monoisotopic (exact) mass is 343 g/mol. The van der Waals surface area contributed by atoms with Crippen molar-refractivity contribution in [2.45, 2.75) is 12.3 Å². The first-order valence-electron chi connectivity index (χ1n) is 8.12. The van der Waals surface area contributed by atoms with E-state index in [0.717, 1.165) is 43.0 Å². The highest BCUT2D eigenvalue weighted by Gasteiger charge is 2.30. The van der Waals surface area contributed by atoms with E-state index in [1.54, 1.807) is 12.3 Å². The van der Waals surface area contributed by atoms with Crippen LogP contribution >= 0.6 is 11.6 Å². The van der Waals surface area contributed by atoms with Gasteiger partial charge in [-0.2, -0.15) is 0 Å². The molecule has 1 fully saturated rings. The molecular formula is C18H18ClN3O2. The Labute approximate surface area is 145 Å². The Morgan fingerprint density at radius 2 is 2.04 bits per heavy atom. The van der Waals surface area contributed by atoms with E-state index in [2.05, 4.69) is 27.3 Å². The van der Waals surface area contributed by atoms with E-state index in [4.69, 9.17) is 16.3 Å². The van der Waals surface area contributed by atoms with Crippen LogP contribution in [0.2, 0.25) is 5.15 Å². The summed E-state index contributed by atoms with van der Waals surface area (Å²) in [5.74, 6) is 0.109. The average molecular weight is 344 g/mol. The maximum Gasteiger partial charge on any atom is 0.319 e. The second-order valence-electron chi connectivity index (χ2n) is 6.12. The maximum absolute atomic E-state index is 12.4. The SMILES string of the molecule is O=C1Oc2cc(N3CCNCC3)ccc2CC1c1ccnc(Cl)c1. The Morgan fingerprint density at radius 3 is 2.83 bits per heavy atom. The first-order chi connectivity index (χ1) is 11.7. The van der Waals surface area contributed by atoms with E-state index in [0.29, 0.717) is 17.3 Å². The minimum Gasteiger partial charge on any atom is -0.426 e. The fourth-order valence-corrected chi connectivity index (χ4v) is 3.48. The molecule has 0 amide bonds. The summed E-state index contributed by atoms with van der Waals surface area (Å²) < 4.78 is 5.63. The molecule has 1 unspecified atom stereocenters. The van der Waals surface area contributed by atoms with Crippen molar-refractivity contribution < 1.29 is 9.53 Å². The summed E-state index contributed by atoms with van der Waals surface area (Å²) in [5.41, 5.74) is 3.00. The van der Waals surface area contributed by atoms with Gasteiger partial charge in [0.05, 0.1) is 5.92 Å². The number of hydrogen-bond acceptors (Lipinski definition) is 5. The van der Waals surface area contributed by atoms with Gasteiger partial charge in [0.15, 0.2) is 0 Å². The fourth-order valence-electron chi connectivity index (χ4n) is 3.30. The molecule has 0 bridgehead atoms. The Balaban J connectivity index is 1.60. The van der Waals surface area contributed by atoms with Crippen LogP contribution in [0.1, 0.15) is 17.0 Å². The molecule has 1 N–H and O–H groups in total. The first-order valence-corrected chi connectivity index (χ1v) is 8.50. The van der Waals surface area contributed by atoms with E-state index in [1.165, 1.54) is 0 Å². The second-order valence-corrected chi connectivity index (χ2v) is 6.51. The molecule has 4 rings (SSSR count). The summed E-state index contributed by atoms with van der Waals surface area (Å²) in [6.45, 7) is 3.87. The maximum atomic E-state index is 12.4. The number of fused-ring (bicyclic) bond motifs is 1. The number of halogens is 1. The third kappa shape index (κ3) is 2.97. The van der Waals surface area contributed by atoms with Gasteiger partial charge in [-0.25, -0.2) is 4.98 Å². The second kappa shape index (κ2) is 6.42.